The molecule has 4 nitrogen and oxygen atoms in total. The highest BCUT2D eigenvalue weighted by Gasteiger charge is 2.18. The van der Waals surface area contributed by atoms with Crippen LogP contribution in [0.15, 0.2) is 18.2 Å². The lowest BCUT2D eigenvalue weighted by Crippen LogP contribution is -2.45. The van der Waals surface area contributed by atoms with Crippen molar-refractivity contribution >= 4 is 0 Å². The maximum atomic E-state index is 5.41. The fourth-order valence-electron chi connectivity index (χ4n) is 2.82. The van der Waals surface area contributed by atoms with Gasteiger partial charge in [0.1, 0.15) is 0 Å². The van der Waals surface area contributed by atoms with Gasteiger partial charge >= 0.3 is 0 Å². The fourth-order valence-corrected chi connectivity index (χ4v) is 2.82. The van der Waals surface area contributed by atoms with Crippen molar-refractivity contribution in [2.24, 2.45) is 0 Å². The molecule has 0 amide bonds. The average molecular weight is 262 g/mol. The van der Waals surface area contributed by atoms with Gasteiger partial charge in [0.15, 0.2) is 11.5 Å². The van der Waals surface area contributed by atoms with Crippen LogP contribution in [0.5, 0.6) is 11.5 Å². The molecule has 1 unspecified atom stereocenters. The van der Waals surface area contributed by atoms with E-state index in [1.54, 1.807) is 0 Å². The van der Waals surface area contributed by atoms with Crippen molar-refractivity contribution < 1.29 is 9.47 Å². The molecule has 4 heteroatoms. The van der Waals surface area contributed by atoms with Crippen molar-refractivity contribution in [3.8, 4) is 11.5 Å². The molecule has 0 aliphatic carbocycles. The summed E-state index contributed by atoms with van der Waals surface area (Å²) in [7, 11) is 0. The lowest BCUT2D eigenvalue weighted by molar-refractivity contribution is 0.174. The first kappa shape index (κ1) is 12.8. The van der Waals surface area contributed by atoms with E-state index in [0.29, 0.717) is 12.8 Å². The first-order chi connectivity index (χ1) is 9.35. The quantitative estimate of drug-likeness (QED) is 0.899. The number of nitrogens with zero attached hydrogens (tertiary/aromatic N) is 1. The van der Waals surface area contributed by atoms with E-state index in [2.05, 4.69) is 29.3 Å². The number of piperidine rings is 1. The number of likely N-dealkylation sites (N-methyl/N-ethyl adjacent to an activating group) is 1. The summed E-state index contributed by atoms with van der Waals surface area (Å²) in [5, 5.41) is 3.66. The van der Waals surface area contributed by atoms with Gasteiger partial charge in [-0.1, -0.05) is 13.0 Å². The van der Waals surface area contributed by atoms with Crippen molar-refractivity contribution in [1.29, 1.82) is 0 Å². The van der Waals surface area contributed by atoms with Gasteiger partial charge in [-0.2, -0.15) is 0 Å². The second-order valence-electron chi connectivity index (χ2n) is 5.30. The van der Waals surface area contributed by atoms with E-state index >= 15 is 0 Å². The van der Waals surface area contributed by atoms with E-state index in [1.165, 1.54) is 31.5 Å². The molecule has 1 saturated heterocycles. The van der Waals surface area contributed by atoms with E-state index in [4.69, 9.17) is 9.47 Å². The van der Waals surface area contributed by atoms with Crippen LogP contribution in [0.1, 0.15) is 25.3 Å². The third kappa shape index (κ3) is 3.01. The molecule has 19 heavy (non-hydrogen) atoms. The van der Waals surface area contributed by atoms with Crippen molar-refractivity contribution in [2.45, 2.75) is 32.4 Å². The van der Waals surface area contributed by atoms with Crippen LogP contribution in [-0.2, 0) is 6.54 Å². The van der Waals surface area contributed by atoms with Crippen LogP contribution in [0, 0.1) is 0 Å². The van der Waals surface area contributed by atoms with Gasteiger partial charge in [0.25, 0.3) is 0 Å². The van der Waals surface area contributed by atoms with E-state index in [0.717, 1.165) is 24.6 Å². The SMILES string of the molecule is CCN1CCCC(NCc2ccc3c(c2)OCO3)C1. The summed E-state index contributed by atoms with van der Waals surface area (Å²) in [6.07, 6.45) is 2.58. The van der Waals surface area contributed by atoms with Crippen LogP contribution in [0.4, 0.5) is 0 Å². The largest absolute Gasteiger partial charge is 0.454 e. The Balaban J connectivity index is 1.54. The van der Waals surface area contributed by atoms with Gasteiger partial charge in [0.2, 0.25) is 6.79 Å². The normalized spacial score (nSPS) is 22.7. The van der Waals surface area contributed by atoms with Crippen molar-refractivity contribution in [3.05, 3.63) is 23.8 Å². The standard InChI is InChI=1S/C15H22N2O2/c1-2-17-7-3-4-13(10-17)16-9-12-5-6-14-15(8-12)19-11-18-14/h5-6,8,13,16H,2-4,7,9-11H2,1H3. The van der Waals surface area contributed by atoms with Crippen LogP contribution >= 0.6 is 0 Å². The summed E-state index contributed by atoms with van der Waals surface area (Å²) in [5.74, 6) is 1.73. The summed E-state index contributed by atoms with van der Waals surface area (Å²) in [5.41, 5.74) is 1.26. The average Bonchev–Trinajstić information content (AvgIpc) is 2.93. The molecule has 1 atom stereocenters. The molecule has 1 aromatic rings. The zero-order valence-electron chi connectivity index (χ0n) is 11.5. The summed E-state index contributed by atoms with van der Waals surface area (Å²) in [4.78, 5) is 2.51. The lowest BCUT2D eigenvalue weighted by Gasteiger charge is -2.32. The molecule has 0 spiro atoms. The molecule has 1 N–H and O–H groups in total. The third-order valence-corrected chi connectivity index (χ3v) is 3.98. The van der Waals surface area contributed by atoms with E-state index in [1.807, 2.05) is 6.07 Å². The van der Waals surface area contributed by atoms with Gasteiger partial charge < -0.3 is 19.7 Å². The molecule has 2 aliphatic rings. The van der Waals surface area contributed by atoms with Crippen molar-refractivity contribution in [3.63, 3.8) is 0 Å². The van der Waals surface area contributed by atoms with Crippen LogP contribution in [0.2, 0.25) is 0 Å². The Morgan fingerprint density at radius 1 is 1.32 bits per heavy atom. The summed E-state index contributed by atoms with van der Waals surface area (Å²) in [6.45, 7) is 7.06. The fraction of sp³-hybridized carbons (Fsp3) is 0.600. The highest BCUT2D eigenvalue weighted by molar-refractivity contribution is 5.44. The second-order valence-corrected chi connectivity index (χ2v) is 5.30. The number of benzene rings is 1. The Morgan fingerprint density at radius 3 is 3.11 bits per heavy atom. The second kappa shape index (κ2) is 5.80. The predicted molar refractivity (Wildman–Crippen MR) is 74.5 cm³/mol. The van der Waals surface area contributed by atoms with Gasteiger partial charge in [-0.3, -0.25) is 0 Å². The molecule has 0 radical (unpaired) electrons. The van der Waals surface area contributed by atoms with E-state index < -0.39 is 0 Å². The van der Waals surface area contributed by atoms with Crippen LogP contribution in [0.25, 0.3) is 0 Å². The molecule has 0 saturated carbocycles. The Hall–Kier alpha value is -1.26. The molecule has 1 aromatic carbocycles. The number of nitrogens with one attached hydrogen (secondary N) is 1. The number of likely N-dealkylation sites (tertiary alicyclic amines) is 1. The Labute approximate surface area is 114 Å². The molecule has 1 fully saturated rings. The van der Waals surface area contributed by atoms with Gasteiger partial charge in [-0.05, 0) is 43.6 Å². The smallest absolute Gasteiger partial charge is 0.231 e. The van der Waals surface area contributed by atoms with Crippen LogP contribution in [-0.4, -0.2) is 37.4 Å². The van der Waals surface area contributed by atoms with Gasteiger partial charge in [-0.15, -0.1) is 0 Å². The molecule has 0 bridgehead atoms. The Morgan fingerprint density at radius 2 is 2.21 bits per heavy atom. The number of fused-ring (bicyclic) bond motifs is 1. The van der Waals surface area contributed by atoms with Crippen molar-refractivity contribution in [1.82, 2.24) is 10.2 Å². The van der Waals surface area contributed by atoms with Gasteiger partial charge in [0, 0.05) is 19.1 Å². The minimum Gasteiger partial charge on any atom is -0.454 e. The van der Waals surface area contributed by atoms with E-state index in [-0.39, 0.29) is 0 Å². The Kier molecular flexibility index (Phi) is 3.89. The summed E-state index contributed by atoms with van der Waals surface area (Å²) >= 11 is 0. The topological polar surface area (TPSA) is 33.7 Å². The van der Waals surface area contributed by atoms with Crippen molar-refractivity contribution in [2.75, 3.05) is 26.4 Å². The molecule has 0 aromatic heterocycles. The zero-order chi connectivity index (χ0) is 13.1. The highest BCUT2D eigenvalue weighted by Crippen LogP contribution is 2.32. The molecule has 2 heterocycles. The molecule has 3 rings (SSSR count). The predicted octanol–water partition coefficient (Wildman–Crippen LogP) is 1.99. The Bertz CT molecular complexity index is 436. The third-order valence-electron chi connectivity index (χ3n) is 3.98. The summed E-state index contributed by atoms with van der Waals surface area (Å²) in [6, 6.07) is 6.80. The number of hydrogen-bond acceptors (Lipinski definition) is 4. The van der Waals surface area contributed by atoms with Crippen LogP contribution in [0.3, 0.4) is 0 Å². The first-order valence-corrected chi connectivity index (χ1v) is 7.19. The maximum absolute atomic E-state index is 5.41. The van der Waals surface area contributed by atoms with Gasteiger partial charge in [-0.25, -0.2) is 0 Å². The molecular formula is C15H22N2O2. The zero-order valence-corrected chi connectivity index (χ0v) is 11.5. The van der Waals surface area contributed by atoms with Gasteiger partial charge in [0.05, 0.1) is 0 Å². The minimum absolute atomic E-state index is 0.348. The maximum Gasteiger partial charge on any atom is 0.231 e. The highest BCUT2D eigenvalue weighted by atomic mass is 16.7. The lowest BCUT2D eigenvalue weighted by atomic mass is 10.1. The molecular weight excluding hydrogens is 240 g/mol. The monoisotopic (exact) mass is 262 g/mol. The number of hydrogen-bond donors (Lipinski definition) is 1. The molecule has 2 aliphatic heterocycles. The summed E-state index contributed by atoms with van der Waals surface area (Å²) < 4.78 is 10.7. The van der Waals surface area contributed by atoms with E-state index in [9.17, 15) is 0 Å². The minimum atomic E-state index is 0.348. The number of ether oxygens (including phenoxy) is 2. The molecule has 104 valence electrons. The number of rotatable bonds is 4. The van der Waals surface area contributed by atoms with Crippen LogP contribution < -0.4 is 14.8 Å². The first-order valence-electron chi connectivity index (χ1n) is 7.19.